The standard InChI is InChI=1S/C22H30N6O2/c1-16(2)6-7-22(21(30)25-14-17-13-23-9-10-24-17)12-18-4-5-19(22)28(18)20(29)15-27-11-3-8-26-27/h3,8-11,13,16,18-19H,4-7,12,14-15H2,1-2H3,(H,25,30)/t18-,19+,22+/m1/s1. The molecule has 2 aliphatic heterocycles. The van der Waals surface area contributed by atoms with E-state index in [-0.39, 0.29) is 30.4 Å². The molecule has 2 aromatic rings. The van der Waals surface area contributed by atoms with Crippen molar-refractivity contribution in [2.75, 3.05) is 0 Å². The number of rotatable bonds is 8. The van der Waals surface area contributed by atoms with Gasteiger partial charge in [-0.05, 0) is 44.1 Å². The second-order valence-corrected chi connectivity index (χ2v) is 8.92. The Kier molecular flexibility index (Phi) is 5.83. The van der Waals surface area contributed by atoms with Crippen LogP contribution in [-0.2, 0) is 22.7 Å². The van der Waals surface area contributed by atoms with E-state index in [1.807, 2.05) is 11.0 Å². The average molecular weight is 411 g/mol. The lowest BCUT2D eigenvalue weighted by Gasteiger charge is -2.36. The van der Waals surface area contributed by atoms with Crippen molar-refractivity contribution in [2.24, 2.45) is 11.3 Å². The molecule has 0 aromatic carbocycles. The highest BCUT2D eigenvalue weighted by Gasteiger charge is 2.60. The average Bonchev–Trinajstić information content (AvgIpc) is 3.47. The van der Waals surface area contributed by atoms with Gasteiger partial charge in [0.15, 0.2) is 0 Å². The molecule has 8 heteroatoms. The molecule has 2 aliphatic rings. The third-order valence-electron chi connectivity index (χ3n) is 6.55. The second kappa shape index (κ2) is 8.53. The smallest absolute Gasteiger partial charge is 0.244 e. The predicted octanol–water partition coefficient (Wildman–Crippen LogP) is 2.18. The Morgan fingerprint density at radius 3 is 2.83 bits per heavy atom. The highest BCUT2D eigenvalue weighted by Crippen LogP contribution is 2.53. The fourth-order valence-corrected chi connectivity index (χ4v) is 5.11. The maximum Gasteiger partial charge on any atom is 0.244 e. The minimum Gasteiger partial charge on any atom is -0.350 e. The van der Waals surface area contributed by atoms with Crippen LogP contribution < -0.4 is 5.32 Å². The lowest BCUT2D eigenvalue weighted by Crippen LogP contribution is -2.50. The van der Waals surface area contributed by atoms with Gasteiger partial charge < -0.3 is 10.2 Å². The van der Waals surface area contributed by atoms with E-state index in [2.05, 4.69) is 34.2 Å². The number of carbonyl (C=O) groups is 2. The molecular formula is C22H30N6O2. The molecule has 0 radical (unpaired) electrons. The van der Waals surface area contributed by atoms with Crippen LogP contribution in [0.2, 0.25) is 0 Å². The van der Waals surface area contributed by atoms with E-state index in [0.717, 1.165) is 37.8 Å². The van der Waals surface area contributed by atoms with Gasteiger partial charge in [-0.15, -0.1) is 0 Å². The summed E-state index contributed by atoms with van der Waals surface area (Å²) in [5.74, 6) is 0.597. The van der Waals surface area contributed by atoms with Crippen molar-refractivity contribution in [3.63, 3.8) is 0 Å². The number of hydrogen-bond donors (Lipinski definition) is 1. The van der Waals surface area contributed by atoms with Gasteiger partial charge in [-0.3, -0.25) is 24.2 Å². The van der Waals surface area contributed by atoms with Gasteiger partial charge in [-0.2, -0.15) is 5.10 Å². The monoisotopic (exact) mass is 410 g/mol. The summed E-state index contributed by atoms with van der Waals surface area (Å²) in [6.07, 6.45) is 12.7. The molecule has 3 atom stereocenters. The van der Waals surface area contributed by atoms with Crippen LogP contribution in [-0.4, -0.2) is 48.5 Å². The van der Waals surface area contributed by atoms with Gasteiger partial charge >= 0.3 is 0 Å². The van der Waals surface area contributed by atoms with E-state index in [4.69, 9.17) is 0 Å². The summed E-state index contributed by atoms with van der Waals surface area (Å²) in [7, 11) is 0. The Labute approximate surface area is 177 Å². The highest BCUT2D eigenvalue weighted by atomic mass is 16.2. The van der Waals surface area contributed by atoms with Crippen LogP contribution in [0, 0.1) is 11.3 Å². The highest BCUT2D eigenvalue weighted by molar-refractivity contribution is 5.87. The zero-order chi connectivity index (χ0) is 21.1. The SMILES string of the molecule is CC(C)CC[C@]1(C(=O)NCc2cnccn2)C[C@H]2CC[C@@H]1N2C(=O)Cn1cccn1. The molecule has 0 spiro atoms. The van der Waals surface area contributed by atoms with Crippen molar-refractivity contribution < 1.29 is 9.59 Å². The summed E-state index contributed by atoms with van der Waals surface area (Å²) < 4.78 is 1.66. The Morgan fingerprint density at radius 2 is 2.13 bits per heavy atom. The number of fused-ring (bicyclic) bond motifs is 2. The molecule has 0 saturated carbocycles. The van der Waals surface area contributed by atoms with Crippen molar-refractivity contribution in [2.45, 2.75) is 71.1 Å². The molecule has 2 fully saturated rings. The quantitative estimate of drug-likeness (QED) is 0.720. The molecule has 8 nitrogen and oxygen atoms in total. The van der Waals surface area contributed by atoms with Crippen molar-refractivity contribution >= 4 is 11.8 Å². The van der Waals surface area contributed by atoms with Gasteiger partial charge in [-0.1, -0.05) is 13.8 Å². The van der Waals surface area contributed by atoms with E-state index in [9.17, 15) is 9.59 Å². The number of nitrogens with zero attached hydrogens (tertiary/aromatic N) is 5. The molecule has 0 aliphatic carbocycles. The van der Waals surface area contributed by atoms with Gasteiger partial charge in [0.2, 0.25) is 11.8 Å². The van der Waals surface area contributed by atoms with Gasteiger partial charge in [0.1, 0.15) is 6.54 Å². The van der Waals surface area contributed by atoms with Crippen molar-refractivity contribution in [1.82, 2.24) is 30.0 Å². The maximum absolute atomic E-state index is 13.5. The van der Waals surface area contributed by atoms with E-state index in [1.165, 1.54) is 0 Å². The molecule has 160 valence electrons. The third kappa shape index (κ3) is 3.95. The van der Waals surface area contributed by atoms with E-state index >= 15 is 0 Å². The van der Waals surface area contributed by atoms with Gasteiger partial charge in [0.25, 0.3) is 0 Å². The zero-order valence-electron chi connectivity index (χ0n) is 17.7. The molecule has 4 rings (SSSR count). The summed E-state index contributed by atoms with van der Waals surface area (Å²) in [5.41, 5.74) is 0.203. The first-order chi connectivity index (χ1) is 14.5. The third-order valence-corrected chi connectivity index (χ3v) is 6.55. The molecule has 30 heavy (non-hydrogen) atoms. The largest absolute Gasteiger partial charge is 0.350 e. The summed E-state index contributed by atoms with van der Waals surface area (Å²) in [6.45, 7) is 4.94. The molecule has 4 heterocycles. The van der Waals surface area contributed by atoms with E-state index in [0.29, 0.717) is 12.5 Å². The Balaban J connectivity index is 1.52. The number of carbonyl (C=O) groups excluding carboxylic acids is 2. The Bertz CT molecular complexity index is 869. The van der Waals surface area contributed by atoms with Crippen molar-refractivity contribution in [1.29, 1.82) is 0 Å². The first kappa shape index (κ1) is 20.5. The minimum atomic E-state index is -0.533. The predicted molar refractivity (Wildman–Crippen MR) is 111 cm³/mol. The van der Waals surface area contributed by atoms with Crippen LogP contribution in [0.15, 0.2) is 37.1 Å². The molecule has 1 N–H and O–H groups in total. The molecule has 2 bridgehead atoms. The number of hydrogen-bond acceptors (Lipinski definition) is 5. The van der Waals surface area contributed by atoms with Crippen molar-refractivity contribution in [3.8, 4) is 0 Å². The molecule has 2 amide bonds. The van der Waals surface area contributed by atoms with Crippen LogP contribution in [0.4, 0.5) is 0 Å². The second-order valence-electron chi connectivity index (χ2n) is 8.92. The lowest BCUT2D eigenvalue weighted by molar-refractivity contribution is -0.137. The maximum atomic E-state index is 13.5. The summed E-state index contributed by atoms with van der Waals surface area (Å²) in [6, 6.07) is 1.90. The fourth-order valence-electron chi connectivity index (χ4n) is 5.11. The van der Waals surface area contributed by atoms with Crippen LogP contribution in [0.25, 0.3) is 0 Å². The molecule has 2 saturated heterocycles. The Morgan fingerprint density at radius 1 is 1.27 bits per heavy atom. The van der Waals surface area contributed by atoms with Gasteiger partial charge in [0, 0.05) is 36.9 Å². The van der Waals surface area contributed by atoms with Crippen LogP contribution in [0.3, 0.4) is 0 Å². The number of nitrogens with one attached hydrogen (secondary N) is 1. The summed E-state index contributed by atoms with van der Waals surface area (Å²) in [5, 5.41) is 7.27. The first-order valence-corrected chi connectivity index (χ1v) is 10.8. The lowest BCUT2D eigenvalue weighted by atomic mass is 9.69. The molecular weight excluding hydrogens is 380 g/mol. The zero-order valence-corrected chi connectivity index (χ0v) is 17.7. The van der Waals surface area contributed by atoms with E-state index < -0.39 is 5.41 Å². The normalized spacial score (nSPS) is 25.1. The minimum absolute atomic E-state index is 0.0397. The van der Waals surface area contributed by atoms with Gasteiger partial charge in [-0.25, -0.2) is 0 Å². The van der Waals surface area contributed by atoms with Crippen LogP contribution in [0.1, 0.15) is 51.6 Å². The van der Waals surface area contributed by atoms with Crippen LogP contribution in [0.5, 0.6) is 0 Å². The first-order valence-electron chi connectivity index (χ1n) is 10.8. The van der Waals surface area contributed by atoms with Gasteiger partial charge in [0.05, 0.1) is 23.9 Å². The van der Waals surface area contributed by atoms with Crippen molar-refractivity contribution in [3.05, 3.63) is 42.7 Å². The number of aromatic nitrogens is 4. The van der Waals surface area contributed by atoms with E-state index in [1.54, 1.807) is 35.7 Å². The Hall–Kier alpha value is -2.77. The molecule has 0 unspecified atom stereocenters. The fraction of sp³-hybridized carbons (Fsp3) is 0.591. The van der Waals surface area contributed by atoms with Crippen LogP contribution >= 0.6 is 0 Å². The summed E-state index contributed by atoms with van der Waals surface area (Å²) >= 11 is 0. The topological polar surface area (TPSA) is 93.0 Å². The summed E-state index contributed by atoms with van der Waals surface area (Å²) in [4.78, 5) is 36.9. The number of amides is 2. The molecule has 2 aromatic heterocycles.